The Morgan fingerprint density at radius 1 is 1.38 bits per heavy atom. The van der Waals surface area contributed by atoms with Crippen molar-refractivity contribution >= 4 is 0 Å². The molecule has 0 spiro atoms. The van der Waals surface area contributed by atoms with Crippen molar-refractivity contribution in [1.29, 1.82) is 0 Å². The second-order valence-electron chi connectivity index (χ2n) is 5.02. The van der Waals surface area contributed by atoms with E-state index in [0.717, 1.165) is 18.5 Å². The lowest BCUT2D eigenvalue weighted by Crippen LogP contribution is -2.54. The van der Waals surface area contributed by atoms with Gasteiger partial charge in [0.2, 0.25) is 0 Å². The zero-order valence-corrected chi connectivity index (χ0v) is 8.92. The quantitative estimate of drug-likeness (QED) is 0.718. The Bertz CT molecular complexity index is 189. The predicted molar refractivity (Wildman–Crippen MR) is 55.6 cm³/mol. The maximum Gasteiger partial charge on any atom is 0.0334 e. The average Bonchev–Trinajstić information content (AvgIpc) is 2.89. The summed E-state index contributed by atoms with van der Waals surface area (Å²) in [5.74, 6) is 0.887. The van der Waals surface area contributed by atoms with Gasteiger partial charge in [-0.3, -0.25) is 4.90 Å². The first-order chi connectivity index (χ1) is 6.18. The third kappa shape index (κ3) is 1.50. The Morgan fingerprint density at radius 3 is 2.46 bits per heavy atom. The predicted octanol–water partition coefficient (Wildman–Crippen LogP) is 1.60. The fourth-order valence-corrected chi connectivity index (χ4v) is 2.92. The van der Waals surface area contributed by atoms with Gasteiger partial charge in [-0.1, -0.05) is 0 Å². The van der Waals surface area contributed by atoms with Crippen LogP contribution in [0.25, 0.3) is 0 Å². The first-order valence-electron chi connectivity index (χ1n) is 5.65. The highest BCUT2D eigenvalue weighted by Crippen LogP contribution is 2.44. The molecule has 1 saturated carbocycles. The number of hydrogen-bond donors (Lipinski definition) is 1. The number of rotatable bonds is 3. The van der Waals surface area contributed by atoms with Gasteiger partial charge in [0.25, 0.3) is 0 Å². The summed E-state index contributed by atoms with van der Waals surface area (Å²) in [6, 6.07) is 0.758. The van der Waals surface area contributed by atoms with Crippen molar-refractivity contribution in [3.8, 4) is 0 Å². The van der Waals surface area contributed by atoms with Crippen LogP contribution in [0.15, 0.2) is 0 Å². The summed E-state index contributed by atoms with van der Waals surface area (Å²) in [5.41, 5.74) is 6.26. The first-order valence-corrected chi connectivity index (χ1v) is 5.65. The molecule has 0 radical (unpaired) electrons. The molecular formula is C11H22N2. The lowest BCUT2D eigenvalue weighted by atomic mass is 9.93. The molecule has 1 saturated heterocycles. The second kappa shape index (κ2) is 3.25. The van der Waals surface area contributed by atoms with Gasteiger partial charge in [-0.2, -0.15) is 0 Å². The van der Waals surface area contributed by atoms with Crippen LogP contribution in [0.5, 0.6) is 0 Å². The zero-order chi connectivity index (χ0) is 9.47. The molecule has 0 aromatic rings. The minimum Gasteiger partial charge on any atom is -0.329 e. The summed E-state index contributed by atoms with van der Waals surface area (Å²) in [6.45, 7) is 6.82. The summed E-state index contributed by atoms with van der Waals surface area (Å²) < 4.78 is 0. The minimum atomic E-state index is 0.315. The summed E-state index contributed by atoms with van der Waals surface area (Å²) in [5, 5.41) is 0. The minimum absolute atomic E-state index is 0.315. The lowest BCUT2D eigenvalue weighted by Gasteiger charge is -2.41. The van der Waals surface area contributed by atoms with Crippen molar-refractivity contribution < 1.29 is 0 Å². The Morgan fingerprint density at radius 2 is 2.08 bits per heavy atom. The highest BCUT2D eigenvalue weighted by Gasteiger charge is 2.47. The van der Waals surface area contributed by atoms with Crippen LogP contribution in [0.3, 0.4) is 0 Å². The summed E-state index contributed by atoms with van der Waals surface area (Å²) in [7, 11) is 0. The largest absolute Gasteiger partial charge is 0.329 e. The van der Waals surface area contributed by atoms with Crippen LogP contribution >= 0.6 is 0 Å². The van der Waals surface area contributed by atoms with Crippen molar-refractivity contribution in [2.24, 2.45) is 11.7 Å². The molecule has 2 aliphatic rings. The van der Waals surface area contributed by atoms with E-state index in [1.54, 1.807) is 0 Å². The maximum absolute atomic E-state index is 5.95. The molecule has 2 heteroatoms. The fourth-order valence-electron chi connectivity index (χ4n) is 2.92. The van der Waals surface area contributed by atoms with Gasteiger partial charge in [0.05, 0.1) is 0 Å². The third-order valence-corrected chi connectivity index (χ3v) is 4.08. The van der Waals surface area contributed by atoms with Crippen LogP contribution in [0.2, 0.25) is 0 Å². The molecule has 0 aromatic heterocycles. The van der Waals surface area contributed by atoms with Crippen molar-refractivity contribution in [3.05, 3.63) is 0 Å². The van der Waals surface area contributed by atoms with Gasteiger partial charge in [-0.15, -0.1) is 0 Å². The number of nitrogens with zero attached hydrogens (tertiary/aromatic N) is 1. The molecular weight excluding hydrogens is 160 g/mol. The van der Waals surface area contributed by atoms with Crippen molar-refractivity contribution in [2.75, 3.05) is 13.1 Å². The molecule has 2 atom stereocenters. The molecule has 2 unspecified atom stereocenters. The smallest absolute Gasteiger partial charge is 0.0334 e. The van der Waals surface area contributed by atoms with Gasteiger partial charge in [0, 0.05) is 18.1 Å². The maximum atomic E-state index is 5.95. The Kier molecular flexibility index (Phi) is 2.37. The van der Waals surface area contributed by atoms with Crippen LogP contribution in [0.4, 0.5) is 0 Å². The van der Waals surface area contributed by atoms with Crippen LogP contribution < -0.4 is 5.73 Å². The highest BCUT2D eigenvalue weighted by atomic mass is 15.3. The molecule has 1 aliphatic heterocycles. The van der Waals surface area contributed by atoms with E-state index in [4.69, 9.17) is 5.73 Å². The van der Waals surface area contributed by atoms with Crippen molar-refractivity contribution in [3.63, 3.8) is 0 Å². The summed E-state index contributed by atoms with van der Waals surface area (Å²) >= 11 is 0. The lowest BCUT2D eigenvalue weighted by molar-refractivity contribution is 0.0829. The Hall–Kier alpha value is -0.0800. The van der Waals surface area contributed by atoms with Crippen molar-refractivity contribution in [2.45, 2.75) is 51.1 Å². The molecule has 0 aromatic carbocycles. The van der Waals surface area contributed by atoms with E-state index in [0.29, 0.717) is 5.54 Å². The van der Waals surface area contributed by atoms with Gasteiger partial charge in [0.15, 0.2) is 0 Å². The molecule has 2 nitrogen and oxygen atoms in total. The van der Waals surface area contributed by atoms with Gasteiger partial charge in [-0.25, -0.2) is 0 Å². The van der Waals surface area contributed by atoms with Crippen LogP contribution in [0, 0.1) is 5.92 Å². The summed E-state index contributed by atoms with van der Waals surface area (Å²) in [6.07, 6.45) is 5.53. The van der Waals surface area contributed by atoms with Crippen LogP contribution in [-0.2, 0) is 0 Å². The first kappa shape index (κ1) is 9.47. The Labute approximate surface area is 81.5 Å². The van der Waals surface area contributed by atoms with E-state index in [2.05, 4.69) is 18.7 Å². The fraction of sp³-hybridized carbons (Fsp3) is 1.00. The normalized spacial score (nSPS) is 34.8. The van der Waals surface area contributed by atoms with E-state index in [1.807, 2.05) is 0 Å². The molecule has 0 bridgehead atoms. The van der Waals surface area contributed by atoms with E-state index < -0.39 is 0 Å². The molecule has 2 N–H and O–H groups in total. The number of hydrogen-bond acceptors (Lipinski definition) is 2. The van der Waals surface area contributed by atoms with Crippen LogP contribution in [-0.4, -0.2) is 29.6 Å². The van der Waals surface area contributed by atoms with E-state index in [9.17, 15) is 0 Å². The zero-order valence-electron chi connectivity index (χ0n) is 8.92. The molecule has 2 fully saturated rings. The van der Waals surface area contributed by atoms with E-state index >= 15 is 0 Å². The molecule has 76 valence electrons. The molecule has 13 heavy (non-hydrogen) atoms. The monoisotopic (exact) mass is 182 g/mol. The van der Waals surface area contributed by atoms with Gasteiger partial charge in [0.1, 0.15) is 0 Å². The summed E-state index contributed by atoms with van der Waals surface area (Å²) in [4.78, 5) is 2.66. The van der Waals surface area contributed by atoms with Crippen LogP contribution in [0.1, 0.15) is 39.5 Å². The standard InChI is InChI=1S/C11H22N2/c1-9-4-3-7-13(9)11(2,8-12)10-5-6-10/h9-10H,3-8,12H2,1-2H3. The molecule has 1 heterocycles. The molecule has 0 amide bonds. The van der Waals surface area contributed by atoms with Gasteiger partial charge >= 0.3 is 0 Å². The highest BCUT2D eigenvalue weighted by molar-refractivity contribution is 5.02. The molecule has 1 aliphatic carbocycles. The van der Waals surface area contributed by atoms with E-state index in [-0.39, 0.29) is 0 Å². The van der Waals surface area contributed by atoms with Gasteiger partial charge in [-0.05, 0) is 52.0 Å². The second-order valence-corrected chi connectivity index (χ2v) is 5.02. The average molecular weight is 182 g/mol. The topological polar surface area (TPSA) is 29.3 Å². The number of likely N-dealkylation sites (tertiary alicyclic amines) is 1. The van der Waals surface area contributed by atoms with Gasteiger partial charge < -0.3 is 5.73 Å². The Balaban J connectivity index is 2.09. The van der Waals surface area contributed by atoms with Crippen molar-refractivity contribution in [1.82, 2.24) is 4.90 Å². The molecule has 2 rings (SSSR count). The SMILES string of the molecule is CC1CCCN1C(C)(CN)C1CC1. The third-order valence-electron chi connectivity index (χ3n) is 4.08. The number of nitrogens with two attached hydrogens (primary N) is 1. The van der Waals surface area contributed by atoms with E-state index in [1.165, 1.54) is 32.2 Å².